The largest absolute Gasteiger partial charge is 0.484 e. The Morgan fingerprint density at radius 1 is 1.06 bits per heavy atom. The molecule has 4 rings (SSSR count). The average molecular weight is 552 g/mol. The number of rotatable bonds is 9. The second-order valence-corrected chi connectivity index (χ2v) is 7.56. The van der Waals surface area contributed by atoms with Crippen molar-refractivity contribution in [2.75, 3.05) is 27.0 Å². The van der Waals surface area contributed by atoms with Gasteiger partial charge in [0.05, 0.1) is 0 Å². The van der Waals surface area contributed by atoms with E-state index in [9.17, 15) is 4.79 Å². The van der Waals surface area contributed by atoms with E-state index >= 15 is 0 Å². The lowest BCUT2D eigenvalue weighted by Gasteiger charge is -2.12. The van der Waals surface area contributed by atoms with Gasteiger partial charge in [0.1, 0.15) is 5.75 Å². The third kappa shape index (κ3) is 7.18. The van der Waals surface area contributed by atoms with Gasteiger partial charge in [-0.25, -0.2) is 0 Å². The van der Waals surface area contributed by atoms with Crippen LogP contribution in [0.15, 0.2) is 47.5 Å². The molecule has 1 aliphatic carbocycles. The molecule has 2 aromatic carbocycles. The smallest absolute Gasteiger partial charge is 0.258 e. The maximum atomic E-state index is 11.7. The molecular weight excluding hydrogens is 523 g/mol. The highest BCUT2D eigenvalue weighted by Gasteiger charge is 2.23. The van der Waals surface area contributed by atoms with Crippen molar-refractivity contribution < 1.29 is 19.0 Å². The van der Waals surface area contributed by atoms with E-state index in [1.165, 1.54) is 5.56 Å². The number of amides is 1. The number of aliphatic imine (C=N–C) groups is 1. The molecule has 0 saturated heterocycles. The summed E-state index contributed by atoms with van der Waals surface area (Å²) in [6.07, 6.45) is 2.99. The van der Waals surface area contributed by atoms with Crippen LogP contribution in [0.4, 0.5) is 0 Å². The van der Waals surface area contributed by atoms with Crippen molar-refractivity contribution in [2.45, 2.75) is 31.8 Å². The second kappa shape index (κ2) is 11.8. The number of nitrogens with one attached hydrogen (secondary N) is 3. The summed E-state index contributed by atoms with van der Waals surface area (Å²) in [7, 11) is 1.75. The lowest BCUT2D eigenvalue weighted by Crippen LogP contribution is -2.37. The molecule has 0 bridgehead atoms. The van der Waals surface area contributed by atoms with Crippen LogP contribution in [-0.2, 0) is 17.8 Å². The van der Waals surface area contributed by atoms with E-state index in [4.69, 9.17) is 14.2 Å². The van der Waals surface area contributed by atoms with Crippen molar-refractivity contribution in [3.05, 3.63) is 53.6 Å². The Balaban J connectivity index is 0.00000289. The third-order valence-electron chi connectivity index (χ3n) is 5.06. The van der Waals surface area contributed by atoms with Gasteiger partial charge in [0.25, 0.3) is 5.91 Å². The number of carbonyl (C=O) groups excluding carboxylic acids is 1. The first-order valence-corrected chi connectivity index (χ1v) is 10.5. The van der Waals surface area contributed by atoms with Crippen LogP contribution in [0.2, 0.25) is 0 Å². The molecule has 1 saturated carbocycles. The lowest BCUT2D eigenvalue weighted by molar-refractivity contribution is -0.123. The number of benzene rings is 2. The molecule has 1 amide bonds. The molecule has 9 heteroatoms. The number of hydrogen-bond donors (Lipinski definition) is 3. The number of ether oxygens (including phenoxy) is 3. The summed E-state index contributed by atoms with van der Waals surface area (Å²) in [6, 6.07) is 14.1. The summed E-state index contributed by atoms with van der Waals surface area (Å²) in [6.45, 7) is 1.71. The molecule has 172 valence electrons. The zero-order valence-electron chi connectivity index (χ0n) is 18.1. The molecule has 0 spiro atoms. The molecule has 0 aromatic heterocycles. The monoisotopic (exact) mass is 552 g/mol. The highest BCUT2D eigenvalue weighted by Crippen LogP contribution is 2.32. The molecular formula is C23H29IN4O4. The molecule has 1 fully saturated rings. The Labute approximate surface area is 205 Å². The van der Waals surface area contributed by atoms with E-state index in [1.54, 1.807) is 7.05 Å². The third-order valence-corrected chi connectivity index (χ3v) is 5.06. The van der Waals surface area contributed by atoms with Gasteiger partial charge in [0.15, 0.2) is 24.1 Å². The molecule has 32 heavy (non-hydrogen) atoms. The molecule has 1 heterocycles. The van der Waals surface area contributed by atoms with E-state index in [0.29, 0.717) is 18.3 Å². The van der Waals surface area contributed by atoms with Gasteiger partial charge in [-0.05, 0) is 54.7 Å². The summed E-state index contributed by atoms with van der Waals surface area (Å²) in [5, 5.41) is 9.53. The van der Waals surface area contributed by atoms with Gasteiger partial charge in [0, 0.05) is 26.2 Å². The molecule has 3 N–H and O–H groups in total. The van der Waals surface area contributed by atoms with Crippen LogP contribution in [0.1, 0.15) is 24.0 Å². The normalized spacial score (nSPS) is 14.3. The van der Waals surface area contributed by atoms with E-state index in [0.717, 1.165) is 48.8 Å². The maximum absolute atomic E-state index is 11.7. The number of hydrogen-bond acceptors (Lipinski definition) is 5. The van der Waals surface area contributed by atoms with E-state index in [2.05, 4.69) is 20.9 Å². The summed E-state index contributed by atoms with van der Waals surface area (Å²) < 4.78 is 16.3. The molecule has 1 aliphatic heterocycles. The van der Waals surface area contributed by atoms with Crippen LogP contribution in [0.25, 0.3) is 0 Å². The van der Waals surface area contributed by atoms with Crippen LogP contribution in [-0.4, -0.2) is 44.9 Å². The van der Waals surface area contributed by atoms with Gasteiger partial charge in [-0.3, -0.25) is 9.79 Å². The van der Waals surface area contributed by atoms with Crippen LogP contribution in [0.5, 0.6) is 17.2 Å². The maximum Gasteiger partial charge on any atom is 0.258 e. The van der Waals surface area contributed by atoms with E-state index in [1.807, 2.05) is 42.5 Å². The zero-order chi connectivity index (χ0) is 21.5. The van der Waals surface area contributed by atoms with Crippen molar-refractivity contribution in [3.63, 3.8) is 0 Å². The Bertz CT molecular complexity index is 932. The molecule has 0 atom stereocenters. The van der Waals surface area contributed by atoms with Gasteiger partial charge >= 0.3 is 0 Å². The minimum atomic E-state index is -0.0598. The highest BCUT2D eigenvalue weighted by molar-refractivity contribution is 14.0. The van der Waals surface area contributed by atoms with E-state index < -0.39 is 0 Å². The van der Waals surface area contributed by atoms with Gasteiger partial charge in [-0.1, -0.05) is 18.2 Å². The van der Waals surface area contributed by atoms with Crippen LogP contribution in [0.3, 0.4) is 0 Å². The average Bonchev–Trinajstić information content (AvgIpc) is 3.48. The van der Waals surface area contributed by atoms with Crippen LogP contribution >= 0.6 is 24.0 Å². The minimum Gasteiger partial charge on any atom is -0.484 e. The van der Waals surface area contributed by atoms with Crippen LogP contribution in [0, 0.1) is 0 Å². The molecule has 0 unspecified atom stereocenters. The van der Waals surface area contributed by atoms with Gasteiger partial charge in [-0.15, -0.1) is 24.0 Å². The predicted octanol–water partition coefficient (Wildman–Crippen LogP) is 2.60. The SMILES string of the molecule is CN=C(NCCc1ccc(OCC(=O)NC2CC2)cc1)NCc1ccc2c(c1)OCO2.I. The van der Waals surface area contributed by atoms with Crippen molar-refractivity contribution in [3.8, 4) is 17.2 Å². The fourth-order valence-electron chi connectivity index (χ4n) is 3.18. The Morgan fingerprint density at radius 3 is 2.56 bits per heavy atom. The fraction of sp³-hybridized carbons (Fsp3) is 0.391. The number of carbonyl (C=O) groups is 1. The Kier molecular flexibility index (Phi) is 8.83. The Hall–Kier alpha value is -2.69. The summed E-state index contributed by atoms with van der Waals surface area (Å²) in [4.78, 5) is 16.0. The highest BCUT2D eigenvalue weighted by atomic mass is 127. The summed E-state index contributed by atoms with van der Waals surface area (Å²) in [5.41, 5.74) is 2.27. The number of fused-ring (bicyclic) bond motifs is 1. The molecule has 2 aromatic rings. The molecule has 2 aliphatic rings. The molecule has 0 radical (unpaired) electrons. The van der Waals surface area contributed by atoms with Gasteiger partial charge in [0.2, 0.25) is 6.79 Å². The topological polar surface area (TPSA) is 93.2 Å². The first-order chi connectivity index (χ1) is 15.2. The number of guanidine groups is 1. The van der Waals surface area contributed by atoms with Crippen molar-refractivity contribution in [2.24, 2.45) is 4.99 Å². The Morgan fingerprint density at radius 2 is 1.81 bits per heavy atom. The summed E-state index contributed by atoms with van der Waals surface area (Å²) in [5.74, 6) is 2.93. The van der Waals surface area contributed by atoms with Gasteiger partial charge < -0.3 is 30.2 Å². The fourth-order valence-corrected chi connectivity index (χ4v) is 3.18. The first-order valence-electron chi connectivity index (χ1n) is 10.5. The first kappa shape index (κ1) is 24.0. The van der Waals surface area contributed by atoms with Crippen LogP contribution < -0.4 is 30.2 Å². The number of nitrogens with zero attached hydrogens (tertiary/aromatic N) is 1. The number of halogens is 1. The standard InChI is InChI=1S/C23H28N4O4.HI/c1-24-23(26-13-17-4-9-20-21(12-17)31-15-30-20)25-11-10-16-2-7-19(8-3-16)29-14-22(28)27-18-5-6-18;/h2-4,7-9,12,18H,5-6,10-11,13-15H2,1H3,(H,27,28)(H2,24,25,26);1H. The minimum absolute atomic E-state index is 0. The van der Waals surface area contributed by atoms with Crippen molar-refractivity contribution in [1.29, 1.82) is 0 Å². The predicted molar refractivity (Wildman–Crippen MR) is 133 cm³/mol. The van der Waals surface area contributed by atoms with Crippen molar-refractivity contribution in [1.82, 2.24) is 16.0 Å². The molecule has 8 nitrogen and oxygen atoms in total. The van der Waals surface area contributed by atoms with Crippen molar-refractivity contribution >= 4 is 35.8 Å². The quantitative estimate of drug-likeness (QED) is 0.252. The van der Waals surface area contributed by atoms with E-state index in [-0.39, 0.29) is 43.3 Å². The van der Waals surface area contributed by atoms with Gasteiger partial charge in [-0.2, -0.15) is 0 Å². The zero-order valence-corrected chi connectivity index (χ0v) is 20.4. The lowest BCUT2D eigenvalue weighted by atomic mass is 10.1. The second-order valence-electron chi connectivity index (χ2n) is 7.56. The summed E-state index contributed by atoms with van der Waals surface area (Å²) >= 11 is 0.